The fraction of sp³-hybridized carbons (Fsp3) is 0.923. The summed E-state index contributed by atoms with van der Waals surface area (Å²) < 4.78 is 5.61. The van der Waals surface area contributed by atoms with Gasteiger partial charge in [-0.25, -0.2) is 0 Å². The largest absolute Gasteiger partial charge is 0.395 e. The van der Waals surface area contributed by atoms with Crippen LogP contribution >= 0.6 is 0 Å². The number of piperazine rings is 1. The normalized spacial score (nSPS) is 23.1. The van der Waals surface area contributed by atoms with Crippen LogP contribution < -0.4 is 0 Å². The Bertz CT molecular complexity index is 273. The molecule has 1 saturated heterocycles. The highest BCUT2D eigenvalue weighted by Crippen LogP contribution is 2.29. The number of aliphatic hydroxyl groups excluding tert-OH is 1. The fourth-order valence-electron chi connectivity index (χ4n) is 2.23. The van der Waals surface area contributed by atoms with Gasteiger partial charge in [-0.1, -0.05) is 0 Å². The van der Waals surface area contributed by atoms with Gasteiger partial charge in [0.2, 0.25) is 0 Å². The van der Waals surface area contributed by atoms with Gasteiger partial charge in [0.15, 0.2) is 0 Å². The highest BCUT2D eigenvalue weighted by molar-refractivity contribution is 5.80. The van der Waals surface area contributed by atoms with Gasteiger partial charge in [0.05, 0.1) is 13.2 Å². The van der Waals surface area contributed by atoms with Crippen molar-refractivity contribution in [1.82, 2.24) is 9.80 Å². The molecule has 0 spiro atoms. The molecule has 1 aliphatic carbocycles. The number of aliphatic hydroxyl groups is 1. The Morgan fingerprint density at radius 2 is 2.00 bits per heavy atom. The van der Waals surface area contributed by atoms with Crippen LogP contribution in [0.4, 0.5) is 0 Å². The van der Waals surface area contributed by atoms with E-state index in [0.717, 1.165) is 32.8 Å². The number of carbonyl (C=O) groups is 1. The fourth-order valence-corrected chi connectivity index (χ4v) is 2.23. The predicted molar refractivity (Wildman–Crippen MR) is 68.2 cm³/mol. The Morgan fingerprint density at radius 3 is 2.56 bits per heavy atom. The van der Waals surface area contributed by atoms with Crippen LogP contribution in [0.5, 0.6) is 0 Å². The van der Waals surface area contributed by atoms with Crippen molar-refractivity contribution in [3.05, 3.63) is 0 Å². The molecular weight excluding hydrogens is 232 g/mol. The summed E-state index contributed by atoms with van der Waals surface area (Å²) in [4.78, 5) is 16.2. The third kappa shape index (κ3) is 3.93. The van der Waals surface area contributed by atoms with Gasteiger partial charge < -0.3 is 14.7 Å². The van der Waals surface area contributed by atoms with Gasteiger partial charge in [-0.05, 0) is 25.7 Å². The van der Waals surface area contributed by atoms with Crippen molar-refractivity contribution in [3.63, 3.8) is 0 Å². The molecular formula is C13H24N2O3. The first-order valence-corrected chi connectivity index (χ1v) is 6.94. The number of rotatable bonds is 6. The lowest BCUT2D eigenvalue weighted by molar-refractivity contribution is -0.144. The van der Waals surface area contributed by atoms with E-state index in [4.69, 9.17) is 9.84 Å². The second kappa shape index (κ2) is 6.50. The maximum absolute atomic E-state index is 12.1. The van der Waals surface area contributed by atoms with Gasteiger partial charge in [0, 0.05) is 32.7 Å². The molecule has 5 heteroatoms. The van der Waals surface area contributed by atoms with Crippen molar-refractivity contribution >= 4 is 5.91 Å². The van der Waals surface area contributed by atoms with Gasteiger partial charge in [-0.2, -0.15) is 0 Å². The Morgan fingerprint density at radius 1 is 1.33 bits per heavy atom. The third-order valence-electron chi connectivity index (χ3n) is 3.73. The Hall–Kier alpha value is -0.650. The highest BCUT2D eigenvalue weighted by atomic mass is 16.5. The maximum Gasteiger partial charge on any atom is 0.251 e. The smallest absolute Gasteiger partial charge is 0.251 e. The average Bonchev–Trinajstić information content (AvgIpc) is 3.20. The van der Waals surface area contributed by atoms with Crippen LogP contribution in [0.3, 0.4) is 0 Å². The highest BCUT2D eigenvalue weighted by Gasteiger charge is 2.27. The number of hydrogen-bond acceptors (Lipinski definition) is 4. The van der Waals surface area contributed by atoms with Crippen LogP contribution in [-0.4, -0.2) is 72.9 Å². The summed E-state index contributed by atoms with van der Waals surface area (Å²) >= 11 is 0. The SMILES string of the molecule is CC(OCC1CC1)C(=O)N1CCN(CCO)CC1. The van der Waals surface area contributed by atoms with Crippen LogP contribution in [0.15, 0.2) is 0 Å². The van der Waals surface area contributed by atoms with Gasteiger partial charge in [-0.3, -0.25) is 9.69 Å². The zero-order valence-corrected chi connectivity index (χ0v) is 11.2. The molecule has 1 N–H and O–H groups in total. The van der Waals surface area contributed by atoms with Gasteiger partial charge in [-0.15, -0.1) is 0 Å². The summed E-state index contributed by atoms with van der Waals surface area (Å²) in [7, 11) is 0. The quantitative estimate of drug-likeness (QED) is 0.723. The molecule has 0 bridgehead atoms. The van der Waals surface area contributed by atoms with E-state index in [1.165, 1.54) is 12.8 Å². The first-order valence-electron chi connectivity index (χ1n) is 6.94. The molecule has 2 aliphatic rings. The van der Waals surface area contributed by atoms with E-state index >= 15 is 0 Å². The van der Waals surface area contributed by atoms with E-state index in [1.807, 2.05) is 11.8 Å². The van der Waals surface area contributed by atoms with E-state index in [1.54, 1.807) is 0 Å². The molecule has 2 fully saturated rings. The first kappa shape index (κ1) is 13.8. The number of amides is 1. The molecule has 1 unspecified atom stereocenters. The van der Waals surface area contributed by atoms with E-state index in [0.29, 0.717) is 12.5 Å². The van der Waals surface area contributed by atoms with E-state index in [2.05, 4.69) is 4.90 Å². The van der Waals surface area contributed by atoms with Crippen molar-refractivity contribution in [2.75, 3.05) is 45.9 Å². The summed E-state index contributed by atoms with van der Waals surface area (Å²) in [6, 6.07) is 0. The predicted octanol–water partition coefficient (Wildman–Crippen LogP) is -0.0620. The molecule has 0 aromatic carbocycles. The molecule has 1 saturated carbocycles. The lowest BCUT2D eigenvalue weighted by atomic mass is 10.2. The van der Waals surface area contributed by atoms with Crippen LogP contribution in [0.25, 0.3) is 0 Å². The second-order valence-electron chi connectivity index (χ2n) is 5.31. The van der Waals surface area contributed by atoms with Crippen molar-refractivity contribution in [1.29, 1.82) is 0 Å². The summed E-state index contributed by atoms with van der Waals surface area (Å²) in [6.07, 6.45) is 2.19. The van der Waals surface area contributed by atoms with E-state index in [-0.39, 0.29) is 18.6 Å². The van der Waals surface area contributed by atoms with Gasteiger partial charge in [0.25, 0.3) is 5.91 Å². The Balaban J connectivity index is 1.68. The summed E-state index contributed by atoms with van der Waals surface area (Å²) in [5, 5.41) is 8.87. The van der Waals surface area contributed by atoms with Crippen LogP contribution in [0, 0.1) is 5.92 Å². The monoisotopic (exact) mass is 256 g/mol. The van der Waals surface area contributed by atoms with Crippen molar-refractivity contribution < 1.29 is 14.6 Å². The van der Waals surface area contributed by atoms with E-state index < -0.39 is 0 Å². The topological polar surface area (TPSA) is 53.0 Å². The molecule has 5 nitrogen and oxygen atoms in total. The molecule has 0 aromatic rings. The van der Waals surface area contributed by atoms with Crippen LogP contribution in [-0.2, 0) is 9.53 Å². The zero-order valence-electron chi connectivity index (χ0n) is 11.2. The lowest BCUT2D eigenvalue weighted by Gasteiger charge is -2.35. The number of β-amino-alcohol motifs (C(OH)–C–C–N with tert-alkyl or cyclic N) is 1. The number of carbonyl (C=O) groups excluding carboxylic acids is 1. The lowest BCUT2D eigenvalue weighted by Crippen LogP contribution is -2.51. The molecule has 0 aromatic heterocycles. The molecule has 18 heavy (non-hydrogen) atoms. The standard InChI is InChI=1S/C13H24N2O3/c1-11(18-10-12-2-3-12)13(17)15-6-4-14(5-7-15)8-9-16/h11-12,16H,2-10H2,1H3. The molecule has 104 valence electrons. The third-order valence-corrected chi connectivity index (χ3v) is 3.73. The number of hydrogen-bond donors (Lipinski definition) is 1. The van der Waals surface area contributed by atoms with Crippen molar-refractivity contribution in [3.8, 4) is 0 Å². The Kier molecular flexibility index (Phi) is 4.97. The van der Waals surface area contributed by atoms with E-state index in [9.17, 15) is 4.79 Å². The molecule has 1 atom stereocenters. The minimum atomic E-state index is -0.310. The molecule has 1 heterocycles. The molecule has 1 amide bonds. The first-order chi connectivity index (χ1) is 8.70. The van der Waals surface area contributed by atoms with Crippen molar-refractivity contribution in [2.45, 2.75) is 25.9 Å². The molecule has 0 radical (unpaired) electrons. The number of nitrogens with zero attached hydrogens (tertiary/aromatic N) is 2. The van der Waals surface area contributed by atoms with Crippen LogP contribution in [0.2, 0.25) is 0 Å². The maximum atomic E-state index is 12.1. The van der Waals surface area contributed by atoms with Crippen molar-refractivity contribution in [2.24, 2.45) is 5.92 Å². The molecule has 2 rings (SSSR count). The molecule has 1 aliphatic heterocycles. The Labute approximate surface area is 109 Å². The zero-order chi connectivity index (χ0) is 13.0. The summed E-state index contributed by atoms with van der Waals surface area (Å²) in [5.41, 5.74) is 0. The average molecular weight is 256 g/mol. The van der Waals surface area contributed by atoms with Gasteiger partial charge in [0.1, 0.15) is 6.10 Å². The minimum Gasteiger partial charge on any atom is -0.395 e. The second-order valence-corrected chi connectivity index (χ2v) is 5.31. The number of ether oxygens (including phenoxy) is 1. The van der Waals surface area contributed by atoms with Crippen LogP contribution in [0.1, 0.15) is 19.8 Å². The summed E-state index contributed by atoms with van der Waals surface area (Å²) in [6.45, 7) is 6.67. The minimum absolute atomic E-state index is 0.110. The summed E-state index contributed by atoms with van der Waals surface area (Å²) in [5.74, 6) is 0.806. The van der Waals surface area contributed by atoms with Gasteiger partial charge >= 0.3 is 0 Å².